The second kappa shape index (κ2) is 7.16. The Labute approximate surface area is 177 Å². The van der Waals surface area contributed by atoms with Crippen LogP contribution >= 0.6 is 0 Å². The Balaban J connectivity index is 2.02. The molecule has 2 aliphatic rings. The predicted molar refractivity (Wildman–Crippen MR) is 107 cm³/mol. The maximum atomic E-state index is 13.3. The highest BCUT2D eigenvalue weighted by molar-refractivity contribution is 6.31. The van der Waals surface area contributed by atoms with Crippen LogP contribution in [0.25, 0.3) is 0 Å². The van der Waals surface area contributed by atoms with Gasteiger partial charge in [0.15, 0.2) is 11.6 Å². The van der Waals surface area contributed by atoms with Crippen molar-refractivity contribution in [1.82, 2.24) is 0 Å². The van der Waals surface area contributed by atoms with E-state index in [1.165, 1.54) is 32.4 Å². The first-order valence-corrected chi connectivity index (χ1v) is 9.53. The number of aliphatic hydroxyl groups is 1. The summed E-state index contributed by atoms with van der Waals surface area (Å²) in [6.07, 6.45) is -1.30. The molecule has 0 radical (unpaired) electrons. The van der Waals surface area contributed by atoms with Crippen molar-refractivity contribution in [2.75, 3.05) is 20.8 Å². The van der Waals surface area contributed by atoms with Crippen LogP contribution in [0.15, 0.2) is 18.2 Å². The average Bonchev–Trinajstić information content (AvgIpc) is 2.77. The van der Waals surface area contributed by atoms with E-state index < -0.39 is 47.1 Å². The number of phenols is 2. The van der Waals surface area contributed by atoms with E-state index in [1.807, 2.05) is 0 Å². The van der Waals surface area contributed by atoms with Gasteiger partial charge in [-0.3, -0.25) is 14.4 Å². The molecule has 0 saturated carbocycles. The van der Waals surface area contributed by atoms with Gasteiger partial charge in [-0.2, -0.15) is 0 Å². The number of benzene rings is 2. The lowest BCUT2D eigenvalue weighted by atomic mass is 9.71. The molecule has 0 unspecified atom stereocenters. The number of carbonyl (C=O) groups is 3. The molecule has 5 N–H and O–H groups in total. The second-order valence-electron chi connectivity index (χ2n) is 7.72. The summed E-state index contributed by atoms with van der Waals surface area (Å²) in [6, 6.07) is 4.48. The van der Waals surface area contributed by atoms with Crippen LogP contribution in [0.2, 0.25) is 0 Å². The molecule has 0 amide bonds. The van der Waals surface area contributed by atoms with E-state index >= 15 is 0 Å². The van der Waals surface area contributed by atoms with Crippen LogP contribution in [-0.4, -0.2) is 59.0 Å². The van der Waals surface area contributed by atoms with Crippen LogP contribution in [0.3, 0.4) is 0 Å². The lowest BCUT2D eigenvalue weighted by Crippen LogP contribution is -2.54. The quantitative estimate of drug-likeness (QED) is 0.442. The van der Waals surface area contributed by atoms with Gasteiger partial charge < -0.3 is 30.5 Å². The molecule has 2 aromatic rings. The summed E-state index contributed by atoms with van der Waals surface area (Å²) < 4.78 is 10.6. The molecule has 4 rings (SSSR count). The van der Waals surface area contributed by atoms with Crippen molar-refractivity contribution in [3.63, 3.8) is 0 Å². The first kappa shape index (κ1) is 21.0. The summed E-state index contributed by atoms with van der Waals surface area (Å²) in [7, 11) is 2.68. The van der Waals surface area contributed by atoms with Crippen molar-refractivity contribution >= 4 is 17.3 Å². The number of rotatable bonds is 4. The highest BCUT2D eigenvalue weighted by Crippen LogP contribution is 2.51. The van der Waals surface area contributed by atoms with Gasteiger partial charge in [-0.15, -0.1) is 0 Å². The standard InChI is InChI=1S/C22H21NO8/c1-30-11-5-3-4-9-14(11)20(28)17-16(18(9)26)19(27)10-6-22(23,13(25)8-24)7-12(31-2)15(10)21(17)29/h3-5,12,24,27,29H,6-8,23H2,1-2H3/t12-,22-/m0/s1. The minimum Gasteiger partial charge on any atom is -0.507 e. The van der Waals surface area contributed by atoms with Crippen LogP contribution in [0.4, 0.5) is 0 Å². The minimum absolute atomic E-state index is 0.00874. The third-order valence-corrected chi connectivity index (χ3v) is 6.11. The molecule has 162 valence electrons. The van der Waals surface area contributed by atoms with Gasteiger partial charge in [-0.1, -0.05) is 12.1 Å². The topological polar surface area (TPSA) is 156 Å². The van der Waals surface area contributed by atoms with E-state index in [-0.39, 0.29) is 52.0 Å². The minimum atomic E-state index is -1.58. The van der Waals surface area contributed by atoms with Crippen molar-refractivity contribution in [3.05, 3.63) is 51.6 Å². The first-order valence-electron chi connectivity index (χ1n) is 9.53. The molecular formula is C22H21NO8. The molecule has 0 heterocycles. The first-order chi connectivity index (χ1) is 14.7. The fraction of sp³-hybridized carbons (Fsp3) is 0.318. The van der Waals surface area contributed by atoms with E-state index in [2.05, 4.69) is 0 Å². The van der Waals surface area contributed by atoms with Crippen LogP contribution in [-0.2, 0) is 16.0 Å². The lowest BCUT2D eigenvalue weighted by Gasteiger charge is -2.39. The number of phenolic OH excluding ortho intramolecular Hbond substituents is 2. The zero-order chi connectivity index (χ0) is 22.7. The zero-order valence-corrected chi connectivity index (χ0v) is 16.9. The van der Waals surface area contributed by atoms with Crippen molar-refractivity contribution < 1.29 is 39.2 Å². The molecule has 0 aromatic heterocycles. The van der Waals surface area contributed by atoms with Crippen LogP contribution < -0.4 is 10.5 Å². The Bertz CT molecular complexity index is 1150. The number of hydrogen-bond donors (Lipinski definition) is 4. The summed E-state index contributed by atoms with van der Waals surface area (Å²) in [5.41, 5.74) is 4.06. The number of aliphatic hydroxyl groups excluding tert-OH is 1. The summed E-state index contributed by atoms with van der Waals surface area (Å²) in [6.45, 7) is -0.815. The molecule has 9 heteroatoms. The Morgan fingerprint density at radius 3 is 2.42 bits per heavy atom. The average molecular weight is 427 g/mol. The molecular weight excluding hydrogens is 406 g/mol. The summed E-state index contributed by atoms with van der Waals surface area (Å²) >= 11 is 0. The molecule has 0 fully saturated rings. The molecule has 2 aliphatic carbocycles. The van der Waals surface area contributed by atoms with Gasteiger partial charge in [-0.05, 0) is 6.07 Å². The number of aromatic hydroxyl groups is 2. The summed E-state index contributed by atoms with van der Waals surface area (Å²) in [4.78, 5) is 38.8. The summed E-state index contributed by atoms with van der Waals surface area (Å²) in [5.74, 6) is -2.91. The zero-order valence-electron chi connectivity index (χ0n) is 16.9. The van der Waals surface area contributed by atoms with Gasteiger partial charge >= 0.3 is 0 Å². The van der Waals surface area contributed by atoms with Gasteiger partial charge in [0.1, 0.15) is 23.9 Å². The molecule has 2 atom stereocenters. The molecule has 9 nitrogen and oxygen atoms in total. The second-order valence-corrected chi connectivity index (χ2v) is 7.72. The van der Waals surface area contributed by atoms with Crippen molar-refractivity contribution in [1.29, 1.82) is 0 Å². The third-order valence-electron chi connectivity index (χ3n) is 6.11. The molecule has 2 aromatic carbocycles. The maximum absolute atomic E-state index is 13.3. The summed E-state index contributed by atoms with van der Waals surface area (Å²) in [5, 5.41) is 31.4. The number of Topliss-reactive ketones (excluding diaryl/α,β-unsaturated/α-hetero) is 1. The number of hydrogen-bond acceptors (Lipinski definition) is 9. The van der Waals surface area contributed by atoms with Gasteiger partial charge in [0.2, 0.25) is 5.78 Å². The fourth-order valence-electron chi connectivity index (χ4n) is 4.54. The highest BCUT2D eigenvalue weighted by atomic mass is 16.5. The number of carbonyl (C=O) groups excluding carboxylic acids is 3. The van der Waals surface area contributed by atoms with Gasteiger partial charge in [-0.25, -0.2) is 0 Å². The normalized spacial score (nSPS) is 21.9. The maximum Gasteiger partial charge on any atom is 0.202 e. The van der Waals surface area contributed by atoms with Crippen molar-refractivity contribution in [3.8, 4) is 17.2 Å². The molecule has 0 spiro atoms. The fourth-order valence-corrected chi connectivity index (χ4v) is 4.54. The Kier molecular flexibility index (Phi) is 4.84. The van der Waals surface area contributed by atoms with Crippen molar-refractivity contribution in [2.24, 2.45) is 5.73 Å². The Morgan fingerprint density at radius 1 is 1.13 bits per heavy atom. The monoisotopic (exact) mass is 427 g/mol. The van der Waals surface area contributed by atoms with E-state index in [1.54, 1.807) is 0 Å². The largest absolute Gasteiger partial charge is 0.507 e. The van der Waals surface area contributed by atoms with E-state index in [0.717, 1.165) is 0 Å². The van der Waals surface area contributed by atoms with Crippen LogP contribution in [0.5, 0.6) is 17.2 Å². The van der Waals surface area contributed by atoms with Crippen LogP contribution in [0.1, 0.15) is 55.5 Å². The smallest absolute Gasteiger partial charge is 0.202 e. The number of methoxy groups -OCH3 is 2. The highest BCUT2D eigenvalue weighted by Gasteiger charge is 2.47. The number of fused-ring (bicyclic) bond motifs is 3. The third kappa shape index (κ3) is 2.78. The van der Waals surface area contributed by atoms with Crippen LogP contribution in [0, 0.1) is 0 Å². The predicted octanol–water partition coefficient (Wildman–Crippen LogP) is 0.774. The van der Waals surface area contributed by atoms with Gasteiger partial charge in [0, 0.05) is 36.6 Å². The van der Waals surface area contributed by atoms with Crippen molar-refractivity contribution in [2.45, 2.75) is 24.5 Å². The Hall–Kier alpha value is -3.27. The lowest BCUT2D eigenvalue weighted by molar-refractivity contribution is -0.129. The van der Waals surface area contributed by atoms with Gasteiger partial charge in [0.25, 0.3) is 0 Å². The molecule has 31 heavy (non-hydrogen) atoms. The SMILES string of the molecule is COc1cccc2c1C(=O)c1c(O)c3c(c(O)c1C2=O)C[C@@](N)(C(=O)CO)C[C@@H]3OC. The number of ketones is 3. The molecule has 0 bridgehead atoms. The molecule has 0 saturated heterocycles. The van der Waals surface area contributed by atoms with E-state index in [4.69, 9.17) is 15.2 Å². The molecule has 0 aliphatic heterocycles. The Morgan fingerprint density at radius 2 is 1.81 bits per heavy atom. The van der Waals surface area contributed by atoms with Gasteiger partial charge in [0.05, 0.1) is 35.4 Å². The number of nitrogens with two attached hydrogens (primary N) is 1. The number of ether oxygens (including phenoxy) is 2. The van der Waals surface area contributed by atoms with E-state index in [9.17, 15) is 29.7 Å². The van der Waals surface area contributed by atoms with E-state index in [0.29, 0.717) is 0 Å².